The summed E-state index contributed by atoms with van der Waals surface area (Å²) in [5, 5.41) is 10.3. The first-order chi connectivity index (χ1) is 11.6. The van der Waals surface area contributed by atoms with Crippen LogP contribution >= 0.6 is 11.8 Å². The van der Waals surface area contributed by atoms with Crippen LogP contribution < -0.4 is 5.32 Å². The highest BCUT2D eigenvalue weighted by molar-refractivity contribution is 7.99. The molecule has 1 amide bonds. The van der Waals surface area contributed by atoms with Crippen molar-refractivity contribution in [1.29, 1.82) is 0 Å². The molecule has 0 aliphatic heterocycles. The van der Waals surface area contributed by atoms with E-state index in [-0.39, 0.29) is 11.7 Å². The summed E-state index contributed by atoms with van der Waals surface area (Å²) in [6.07, 6.45) is 1.57. The van der Waals surface area contributed by atoms with Gasteiger partial charge in [0.15, 0.2) is 11.6 Å². The highest BCUT2D eigenvalue weighted by atomic mass is 32.2. The Bertz CT molecular complexity index is 812. The molecule has 2 N–H and O–H groups in total. The summed E-state index contributed by atoms with van der Waals surface area (Å²) in [7, 11) is 0. The van der Waals surface area contributed by atoms with Crippen molar-refractivity contribution in [2.45, 2.75) is 24.9 Å². The molecule has 6 nitrogen and oxygen atoms in total. The van der Waals surface area contributed by atoms with Crippen molar-refractivity contribution in [2.75, 3.05) is 11.1 Å². The minimum atomic E-state index is -0.0857. The first kappa shape index (κ1) is 16.3. The van der Waals surface area contributed by atoms with E-state index in [0.717, 1.165) is 11.3 Å². The van der Waals surface area contributed by atoms with Crippen LogP contribution in [0.3, 0.4) is 0 Å². The summed E-state index contributed by atoms with van der Waals surface area (Å²) in [5.41, 5.74) is 1.97. The minimum Gasteiger partial charge on any atom is -0.461 e. The van der Waals surface area contributed by atoms with Crippen LogP contribution in [-0.4, -0.2) is 26.8 Å². The maximum atomic E-state index is 12.2. The Morgan fingerprint density at radius 1 is 1.29 bits per heavy atom. The van der Waals surface area contributed by atoms with E-state index in [9.17, 15) is 4.79 Å². The molecule has 0 saturated carbocycles. The molecule has 0 bridgehead atoms. The number of H-pyrrole nitrogens is 1. The molecule has 0 spiro atoms. The molecule has 0 radical (unpaired) electrons. The van der Waals surface area contributed by atoms with Gasteiger partial charge >= 0.3 is 0 Å². The van der Waals surface area contributed by atoms with Gasteiger partial charge in [0.2, 0.25) is 11.1 Å². The zero-order chi connectivity index (χ0) is 16.9. The van der Waals surface area contributed by atoms with Crippen LogP contribution in [0.2, 0.25) is 0 Å². The highest BCUT2D eigenvalue weighted by Gasteiger charge is 2.12. The number of benzene rings is 1. The minimum absolute atomic E-state index is 0.0857. The molecular formula is C17H18N4O2S. The predicted molar refractivity (Wildman–Crippen MR) is 94.0 cm³/mol. The summed E-state index contributed by atoms with van der Waals surface area (Å²) in [6, 6.07) is 11.4. The van der Waals surface area contributed by atoms with E-state index >= 15 is 0 Å². The van der Waals surface area contributed by atoms with Gasteiger partial charge in [0.05, 0.1) is 12.0 Å². The van der Waals surface area contributed by atoms with Gasteiger partial charge in [-0.25, -0.2) is 0 Å². The van der Waals surface area contributed by atoms with E-state index < -0.39 is 0 Å². The molecule has 124 valence electrons. The molecule has 7 heteroatoms. The van der Waals surface area contributed by atoms with Gasteiger partial charge in [-0.05, 0) is 29.7 Å². The van der Waals surface area contributed by atoms with Gasteiger partial charge in [0.1, 0.15) is 0 Å². The van der Waals surface area contributed by atoms with E-state index in [0.29, 0.717) is 22.7 Å². The van der Waals surface area contributed by atoms with Gasteiger partial charge in [0.25, 0.3) is 0 Å². The zero-order valence-electron chi connectivity index (χ0n) is 13.4. The molecule has 2 heterocycles. The van der Waals surface area contributed by atoms with Crippen LogP contribution in [0.5, 0.6) is 0 Å². The Labute approximate surface area is 144 Å². The normalized spacial score (nSPS) is 11.0. The molecule has 0 saturated heterocycles. The van der Waals surface area contributed by atoms with Crippen LogP contribution in [0.4, 0.5) is 5.69 Å². The van der Waals surface area contributed by atoms with Crippen molar-refractivity contribution < 1.29 is 9.21 Å². The van der Waals surface area contributed by atoms with Crippen LogP contribution in [0, 0.1) is 0 Å². The second kappa shape index (κ2) is 7.35. The fourth-order valence-electron chi connectivity index (χ4n) is 2.27. The van der Waals surface area contributed by atoms with Crippen molar-refractivity contribution in [1.82, 2.24) is 15.2 Å². The van der Waals surface area contributed by atoms with E-state index in [1.54, 1.807) is 18.4 Å². The molecule has 0 atom stereocenters. The maximum absolute atomic E-state index is 12.2. The Morgan fingerprint density at radius 2 is 2.12 bits per heavy atom. The summed E-state index contributed by atoms with van der Waals surface area (Å²) >= 11 is 1.27. The Balaban J connectivity index is 1.58. The lowest BCUT2D eigenvalue weighted by molar-refractivity contribution is -0.113. The standard InChI is InChI=1S/C17H18N4O2S/c1-11(2)12-6-3-4-7-13(12)18-15(22)10-24-17-19-16(20-21-17)14-8-5-9-23-14/h3-9,11H,10H2,1-2H3,(H,18,22)(H,19,20,21). The van der Waals surface area contributed by atoms with E-state index in [1.807, 2.05) is 24.3 Å². The van der Waals surface area contributed by atoms with Gasteiger partial charge in [-0.2, -0.15) is 4.98 Å². The SMILES string of the molecule is CC(C)c1ccccc1NC(=O)CSc1n[nH]c(-c2ccco2)n1. The van der Waals surface area contributed by atoms with Crippen LogP contribution in [0.15, 0.2) is 52.2 Å². The first-order valence-electron chi connectivity index (χ1n) is 7.61. The number of carbonyl (C=O) groups excluding carboxylic acids is 1. The summed E-state index contributed by atoms with van der Waals surface area (Å²) in [4.78, 5) is 16.5. The summed E-state index contributed by atoms with van der Waals surface area (Å²) in [5.74, 6) is 1.66. The number of furan rings is 1. The van der Waals surface area contributed by atoms with E-state index in [1.165, 1.54) is 11.8 Å². The third kappa shape index (κ3) is 3.86. The smallest absolute Gasteiger partial charge is 0.234 e. The number of thioether (sulfide) groups is 1. The van der Waals surface area contributed by atoms with Gasteiger partial charge in [-0.15, -0.1) is 5.10 Å². The van der Waals surface area contributed by atoms with Crippen LogP contribution in [0.1, 0.15) is 25.3 Å². The quantitative estimate of drug-likeness (QED) is 0.663. The fraction of sp³-hybridized carbons (Fsp3) is 0.235. The molecule has 0 unspecified atom stereocenters. The first-order valence-corrected chi connectivity index (χ1v) is 8.60. The number of nitrogens with one attached hydrogen (secondary N) is 2. The van der Waals surface area contributed by atoms with Crippen LogP contribution in [0.25, 0.3) is 11.6 Å². The average Bonchev–Trinajstić information content (AvgIpc) is 3.24. The van der Waals surface area contributed by atoms with Crippen molar-refractivity contribution in [3.8, 4) is 11.6 Å². The summed E-state index contributed by atoms with van der Waals surface area (Å²) < 4.78 is 5.25. The third-order valence-electron chi connectivity index (χ3n) is 3.41. The molecule has 2 aromatic heterocycles. The number of aromatic nitrogens is 3. The topological polar surface area (TPSA) is 83.8 Å². The van der Waals surface area contributed by atoms with Crippen molar-refractivity contribution in [2.24, 2.45) is 0 Å². The van der Waals surface area contributed by atoms with E-state index in [4.69, 9.17) is 4.42 Å². The van der Waals surface area contributed by atoms with Crippen LogP contribution in [-0.2, 0) is 4.79 Å². The van der Waals surface area contributed by atoms with Crippen molar-refractivity contribution in [3.63, 3.8) is 0 Å². The monoisotopic (exact) mass is 342 g/mol. The fourth-order valence-corrected chi connectivity index (χ4v) is 2.86. The zero-order valence-corrected chi connectivity index (χ0v) is 14.3. The number of nitrogens with zero attached hydrogens (tertiary/aromatic N) is 2. The average molecular weight is 342 g/mol. The molecule has 3 aromatic rings. The number of para-hydroxylation sites is 1. The number of anilines is 1. The lowest BCUT2D eigenvalue weighted by atomic mass is 10.0. The maximum Gasteiger partial charge on any atom is 0.234 e. The number of carbonyl (C=O) groups is 1. The van der Waals surface area contributed by atoms with Gasteiger partial charge in [-0.3, -0.25) is 9.89 Å². The number of amides is 1. The molecule has 0 fully saturated rings. The van der Waals surface area contributed by atoms with E-state index in [2.05, 4.69) is 34.3 Å². The number of hydrogen-bond donors (Lipinski definition) is 2. The van der Waals surface area contributed by atoms with Gasteiger partial charge < -0.3 is 9.73 Å². The molecule has 3 rings (SSSR count). The highest BCUT2D eigenvalue weighted by Crippen LogP contribution is 2.24. The largest absolute Gasteiger partial charge is 0.461 e. The Hall–Kier alpha value is -2.54. The lowest BCUT2D eigenvalue weighted by Crippen LogP contribution is -2.15. The van der Waals surface area contributed by atoms with Crippen molar-refractivity contribution in [3.05, 3.63) is 48.2 Å². The molecule has 24 heavy (non-hydrogen) atoms. The van der Waals surface area contributed by atoms with Crippen molar-refractivity contribution >= 4 is 23.4 Å². The van der Waals surface area contributed by atoms with Gasteiger partial charge in [0, 0.05) is 5.69 Å². The Morgan fingerprint density at radius 3 is 2.88 bits per heavy atom. The second-order valence-electron chi connectivity index (χ2n) is 5.52. The third-order valence-corrected chi connectivity index (χ3v) is 4.26. The summed E-state index contributed by atoms with van der Waals surface area (Å²) in [6.45, 7) is 4.20. The molecular weight excluding hydrogens is 324 g/mol. The second-order valence-corrected chi connectivity index (χ2v) is 6.47. The molecule has 0 aliphatic carbocycles. The molecule has 0 aliphatic rings. The predicted octanol–water partition coefficient (Wildman–Crippen LogP) is 3.92. The lowest BCUT2D eigenvalue weighted by Gasteiger charge is -2.13. The number of hydrogen-bond acceptors (Lipinski definition) is 5. The van der Waals surface area contributed by atoms with Gasteiger partial charge in [-0.1, -0.05) is 43.8 Å². The Kier molecular flexibility index (Phi) is 5.00. The number of rotatable bonds is 6. The number of aromatic amines is 1. The molecule has 1 aromatic carbocycles.